The molecule has 0 aliphatic rings. The van der Waals surface area contributed by atoms with E-state index in [0.29, 0.717) is 28.7 Å². The van der Waals surface area contributed by atoms with Gasteiger partial charge in [-0.05, 0) is 24.3 Å². The summed E-state index contributed by atoms with van der Waals surface area (Å²) in [5.74, 6) is 1.80. The van der Waals surface area contributed by atoms with Gasteiger partial charge in [0, 0.05) is 48.5 Å². The van der Waals surface area contributed by atoms with Crippen molar-refractivity contribution in [3.05, 3.63) is 84.9 Å². The van der Waals surface area contributed by atoms with Crippen LogP contribution >= 0.6 is 0 Å². The van der Waals surface area contributed by atoms with Gasteiger partial charge < -0.3 is 34.6 Å². The largest absolute Gasteiger partial charge is 0.508 e. The zero-order chi connectivity index (χ0) is 21.8. The number of hydrogen-bond donors (Lipinski definition) is 4. The molecular weight excluding hydrogens is 400 g/mol. The first kappa shape index (κ1) is 19.8. The molecule has 0 atom stereocenters. The lowest BCUT2D eigenvalue weighted by atomic mass is 10.2. The summed E-state index contributed by atoms with van der Waals surface area (Å²) in [6.07, 6.45) is 0. The predicted octanol–water partition coefficient (Wildman–Crippen LogP) is 5.89. The van der Waals surface area contributed by atoms with Gasteiger partial charge in [0.2, 0.25) is 0 Å². The van der Waals surface area contributed by atoms with Gasteiger partial charge in [-0.25, -0.2) is 0 Å². The molecule has 0 fully saturated rings. The Morgan fingerprint density at radius 3 is 1.13 bits per heavy atom. The minimum absolute atomic E-state index is 0.0522. The van der Waals surface area contributed by atoms with Crippen LogP contribution < -0.4 is 14.2 Å². The molecular formula is C24H18O7. The Labute approximate surface area is 177 Å². The lowest BCUT2D eigenvalue weighted by Gasteiger charge is -2.13. The normalized spacial score (nSPS) is 10.5. The highest BCUT2D eigenvalue weighted by atomic mass is 16.5. The molecule has 0 amide bonds. The van der Waals surface area contributed by atoms with E-state index in [1.54, 1.807) is 42.5 Å². The van der Waals surface area contributed by atoms with E-state index in [9.17, 15) is 20.4 Å². The first-order valence-corrected chi connectivity index (χ1v) is 9.23. The predicted molar refractivity (Wildman–Crippen MR) is 113 cm³/mol. The van der Waals surface area contributed by atoms with E-state index in [0.717, 1.165) is 0 Å². The number of benzene rings is 4. The van der Waals surface area contributed by atoms with Gasteiger partial charge in [-0.1, -0.05) is 12.1 Å². The molecule has 31 heavy (non-hydrogen) atoms. The zero-order valence-electron chi connectivity index (χ0n) is 16.1. The molecule has 4 aromatic rings. The van der Waals surface area contributed by atoms with Gasteiger partial charge in [-0.15, -0.1) is 0 Å². The minimum atomic E-state index is -0.154. The molecule has 4 aromatic carbocycles. The summed E-state index contributed by atoms with van der Waals surface area (Å²) in [5.41, 5.74) is 0. The quantitative estimate of drug-likeness (QED) is 0.309. The summed E-state index contributed by atoms with van der Waals surface area (Å²) in [6.45, 7) is 0. The molecule has 7 nitrogen and oxygen atoms in total. The van der Waals surface area contributed by atoms with Crippen molar-refractivity contribution in [1.29, 1.82) is 0 Å². The lowest BCUT2D eigenvalue weighted by molar-refractivity contribution is 0.422. The number of ether oxygens (including phenoxy) is 3. The molecule has 7 heteroatoms. The van der Waals surface area contributed by atoms with Crippen LogP contribution in [-0.4, -0.2) is 20.4 Å². The van der Waals surface area contributed by atoms with Crippen molar-refractivity contribution in [1.82, 2.24) is 0 Å². The third-order valence-corrected chi connectivity index (χ3v) is 4.07. The summed E-state index contributed by atoms with van der Waals surface area (Å²) in [7, 11) is 0. The Hall–Kier alpha value is -4.52. The van der Waals surface area contributed by atoms with Gasteiger partial charge in [-0.3, -0.25) is 0 Å². The summed E-state index contributed by atoms with van der Waals surface area (Å²) in [6, 6.07) is 21.3. The third-order valence-electron chi connectivity index (χ3n) is 4.07. The van der Waals surface area contributed by atoms with Crippen LogP contribution in [-0.2, 0) is 0 Å². The number of rotatable bonds is 6. The fourth-order valence-electron chi connectivity index (χ4n) is 2.85. The third kappa shape index (κ3) is 5.30. The number of aromatic hydroxyl groups is 4. The zero-order valence-corrected chi connectivity index (χ0v) is 16.1. The minimum Gasteiger partial charge on any atom is -0.508 e. The van der Waals surface area contributed by atoms with Gasteiger partial charge in [-0.2, -0.15) is 0 Å². The molecule has 0 saturated carbocycles. The van der Waals surface area contributed by atoms with Crippen molar-refractivity contribution in [2.45, 2.75) is 0 Å². The van der Waals surface area contributed by atoms with Crippen LogP contribution in [0.25, 0.3) is 0 Å². The fourth-order valence-corrected chi connectivity index (χ4v) is 2.85. The Morgan fingerprint density at radius 2 is 0.710 bits per heavy atom. The van der Waals surface area contributed by atoms with E-state index < -0.39 is 0 Å². The Balaban J connectivity index is 1.68. The molecule has 4 N–H and O–H groups in total. The Morgan fingerprint density at radius 1 is 0.355 bits per heavy atom. The van der Waals surface area contributed by atoms with Crippen molar-refractivity contribution in [2.75, 3.05) is 0 Å². The van der Waals surface area contributed by atoms with E-state index in [4.69, 9.17) is 14.2 Å². The molecule has 4 rings (SSSR count). The molecule has 0 radical (unpaired) electrons. The summed E-state index contributed by atoms with van der Waals surface area (Å²) < 4.78 is 17.4. The fraction of sp³-hybridized carbons (Fsp3) is 0. The smallest absolute Gasteiger partial charge is 0.134 e. The second kappa shape index (κ2) is 8.46. The molecule has 0 bridgehead atoms. The van der Waals surface area contributed by atoms with Crippen LogP contribution in [0, 0.1) is 0 Å². The highest BCUT2D eigenvalue weighted by molar-refractivity contribution is 5.49. The van der Waals surface area contributed by atoms with Crippen molar-refractivity contribution < 1.29 is 34.6 Å². The van der Waals surface area contributed by atoms with Crippen LogP contribution in [0.2, 0.25) is 0 Å². The first-order valence-electron chi connectivity index (χ1n) is 9.23. The van der Waals surface area contributed by atoms with Crippen LogP contribution in [0.4, 0.5) is 0 Å². The van der Waals surface area contributed by atoms with Crippen LogP contribution in [0.15, 0.2) is 84.9 Å². The molecule has 0 aliphatic heterocycles. The molecule has 0 unspecified atom stereocenters. The Bertz CT molecular complexity index is 1130. The summed E-state index contributed by atoms with van der Waals surface area (Å²) in [5, 5.41) is 38.7. The average molecular weight is 418 g/mol. The molecule has 156 valence electrons. The molecule has 0 saturated heterocycles. The molecule has 0 aliphatic carbocycles. The maximum atomic E-state index is 9.69. The van der Waals surface area contributed by atoms with E-state index in [-0.39, 0.29) is 28.7 Å². The van der Waals surface area contributed by atoms with E-state index in [1.807, 2.05) is 0 Å². The second-order valence-electron chi connectivity index (χ2n) is 6.63. The van der Waals surface area contributed by atoms with Crippen molar-refractivity contribution in [3.63, 3.8) is 0 Å². The topological polar surface area (TPSA) is 109 Å². The monoisotopic (exact) mass is 418 g/mol. The van der Waals surface area contributed by atoms with Crippen molar-refractivity contribution in [2.24, 2.45) is 0 Å². The van der Waals surface area contributed by atoms with Gasteiger partial charge in [0.05, 0.1) is 0 Å². The molecule has 0 aromatic heterocycles. The lowest BCUT2D eigenvalue weighted by Crippen LogP contribution is -1.91. The number of hydrogen-bond acceptors (Lipinski definition) is 7. The summed E-state index contributed by atoms with van der Waals surface area (Å²) in [4.78, 5) is 0. The maximum Gasteiger partial charge on any atom is 0.134 e. The Kier molecular flexibility index (Phi) is 5.40. The van der Waals surface area contributed by atoms with Crippen LogP contribution in [0.3, 0.4) is 0 Å². The first-order chi connectivity index (χ1) is 14.9. The van der Waals surface area contributed by atoms with Gasteiger partial charge in [0.1, 0.15) is 57.5 Å². The second-order valence-corrected chi connectivity index (χ2v) is 6.63. The van der Waals surface area contributed by atoms with Gasteiger partial charge in [0.15, 0.2) is 0 Å². The van der Waals surface area contributed by atoms with E-state index in [1.165, 1.54) is 42.5 Å². The van der Waals surface area contributed by atoms with Crippen molar-refractivity contribution >= 4 is 0 Å². The SMILES string of the molecule is Oc1cccc(Oc2cc(Oc3cccc(O)c3)cc(Oc3cc(O)cc(O)c3)c2)c1. The van der Waals surface area contributed by atoms with Crippen molar-refractivity contribution in [3.8, 4) is 57.5 Å². The molecule has 0 heterocycles. The number of phenols is 4. The van der Waals surface area contributed by atoms with Crippen LogP contribution in [0.1, 0.15) is 0 Å². The molecule has 0 spiro atoms. The van der Waals surface area contributed by atoms with E-state index >= 15 is 0 Å². The maximum absolute atomic E-state index is 9.69. The van der Waals surface area contributed by atoms with Gasteiger partial charge in [0.25, 0.3) is 0 Å². The summed E-state index contributed by atoms with van der Waals surface area (Å²) >= 11 is 0. The highest BCUT2D eigenvalue weighted by Crippen LogP contribution is 2.37. The average Bonchev–Trinajstić information content (AvgIpc) is 2.67. The number of phenolic OH excluding ortho intramolecular Hbond substituents is 4. The standard InChI is InChI=1S/C24H18O7/c25-15-3-1-5-19(8-15)29-22-12-23(30-20-6-2-4-16(26)9-20)14-24(13-22)31-21-10-17(27)7-18(28)11-21/h1-14,25-28H. The highest BCUT2D eigenvalue weighted by Gasteiger charge is 2.10. The van der Waals surface area contributed by atoms with Crippen LogP contribution in [0.5, 0.6) is 57.5 Å². The van der Waals surface area contributed by atoms with Gasteiger partial charge >= 0.3 is 0 Å². The van der Waals surface area contributed by atoms with E-state index in [2.05, 4.69) is 0 Å².